The van der Waals surface area contributed by atoms with Gasteiger partial charge in [-0.2, -0.15) is 5.10 Å². The smallest absolute Gasteiger partial charge is 0.270 e. The van der Waals surface area contributed by atoms with Gasteiger partial charge in [0.05, 0.1) is 18.9 Å². The number of aromatic nitrogens is 2. The highest BCUT2D eigenvalue weighted by molar-refractivity contribution is 5.94. The third-order valence-electron chi connectivity index (χ3n) is 5.33. The number of rotatable bonds is 6. The number of nitrogens with zero attached hydrogens (tertiary/aromatic N) is 3. The number of hydrogen-bond acceptors (Lipinski definition) is 5. The Bertz CT molecular complexity index is 1030. The first-order valence-corrected chi connectivity index (χ1v) is 10.3. The van der Waals surface area contributed by atoms with Gasteiger partial charge in [0.15, 0.2) is 5.76 Å². The monoisotopic (exact) mass is 408 g/mol. The molecule has 1 aliphatic heterocycles. The summed E-state index contributed by atoms with van der Waals surface area (Å²) in [6.45, 7) is 10.7. The topological polar surface area (TPSA) is 72.5 Å². The number of amides is 1. The molecule has 4 rings (SSSR count). The second-order valence-corrected chi connectivity index (χ2v) is 7.74. The number of aryl methyl sites for hydroxylation is 3. The van der Waals surface area contributed by atoms with Crippen molar-refractivity contribution in [3.63, 3.8) is 0 Å². The standard InChI is InChI=1S/C23H28N4O3/c1-16-4-6-20(17(2)14-16)27-21(15-19(25-27)22-7-5-18(3)30-22)23(28)24-8-9-26-10-12-29-13-11-26/h4-7,14-15H,8-13H2,1-3H3,(H,24,28). The summed E-state index contributed by atoms with van der Waals surface area (Å²) in [5, 5.41) is 7.75. The molecule has 0 bridgehead atoms. The zero-order chi connectivity index (χ0) is 21.1. The molecule has 7 nitrogen and oxygen atoms in total. The van der Waals surface area contributed by atoms with Crippen LogP contribution in [0.2, 0.25) is 0 Å². The van der Waals surface area contributed by atoms with Gasteiger partial charge in [0.2, 0.25) is 0 Å². The number of ether oxygens (including phenoxy) is 1. The summed E-state index contributed by atoms with van der Waals surface area (Å²) < 4.78 is 12.8. The van der Waals surface area contributed by atoms with E-state index in [0.29, 0.717) is 23.7 Å². The largest absolute Gasteiger partial charge is 0.460 e. The van der Waals surface area contributed by atoms with Crippen LogP contribution in [0.3, 0.4) is 0 Å². The van der Waals surface area contributed by atoms with E-state index in [1.54, 1.807) is 10.7 Å². The number of hydrogen-bond donors (Lipinski definition) is 1. The van der Waals surface area contributed by atoms with Crippen molar-refractivity contribution < 1.29 is 13.9 Å². The molecule has 0 unspecified atom stereocenters. The van der Waals surface area contributed by atoms with Crippen molar-refractivity contribution in [2.75, 3.05) is 39.4 Å². The Morgan fingerprint density at radius 3 is 2.60 bits per heavy atom. The molecule has 1 aliphatic rings. The van der Waals surface area contributed by atoms with Crippen molar-refractivity contribution in [1.82, 2.24) is 20.0 Å². The molecule has 30 heavy (non-hydrogen) atoms. The fourth-order valence-corrected chi connectivity index (χ4v) is 3.70. The maximum atomic E-state index is 13.1. The van der Waals surface area contributed by atoms with Gasteiger partial charge in [0.1, 0.15) is 17.1 Å². The fourth-order valence-electron chi connectivity index (χ4n) is 3.70. The lowest BCUT2D eigenvalue weighted by Gasteiger charge is -2.26. The van der Waals surface area contributed by atoms with E-state index < -0.39 is 0 Å². The molecule has 1 fully saturated rings. The molecule has 0 aliphatic carbocycles. The van der Waals surface area contributed by atoms with E-state index in [9.17, 15) is 4.79 Å². The molecule has 158 valence electrons. The zero-order valence-corrected chi connectivity index (χ0v) is 17.8. The van der Waals surface area contributed by atoms with Gasteiger partial charge in [-0.3, -0.25) is 9.69 Å². The minimum Gasteiger partial charge on any atom is -0.460 e. The van der Waals surface area contributed by atoms with E-state index in [2.05, 4.69) is 23.2 Å². The number of nitrogens with one attached hydrogen (secondary N) is 1. The predicted molar refractivity (Wildman–Crippen MR) is 115 cm³/mol. The first-order chi connectivity index (χ1) is 14.5. The average molecular weight is 409 g/mol. The Kier molecular flexibility index (Phi) is 6.01. The van der Waals surface area contributed by atoms with Gasteiger partial charge in [-0.1, -0.05) is 17.7 Å². The van der Waals surface area contributed by atoms with Crippen LogP contribution in [-0.2, 0) is 4.74 Å². The van der Waals surface area contributed by atoms with Crippen molar-refractivity contribution in [1.29, 1.82) is 0 Å². The molecule has 2 aromatic heterocycles. The van der Waals surface area contributed by atoms with E-state index in [4.69, 9.17) is 14.3 Å². The summed E-state index contributed by atoms with van der Waals surface area (Å²) in [6, 6.07) is 11.7. The summed E-state index contributed by atoms with van der Waals surface area (Å²) in [6.07, 6.45) is 0. The number of benzene rings is 1. The lowest BCUT2D eigenvalue weighted by molar-refractivity contribution is 0.0383. The molecule has 1 amide bonds. The minimum atomic E-state index is -0.148. The SMILES string of the molecule is Cc1ccc(-n2nc(-c3ccc(C)o3)cc2C(=O)NCCN2CCOCC2)c(C)c1. The van der Waals surface area contributed by atoms with Gasteiger partial charge in [-0.05, 0) is 44.5 Å². The van der Waals surface area contributed by atoms with Crippen LogP contribution in [0.15, 0.2) is 40.8 Å². The van der Waals surface area contributed by atoms with Crippen LogP contribution in [0.5, 0.6) is 0 Å². The second-order valence-electron chi connectivity index (χ2n) is 7.74. The van der Waals surface area contributed by atoms with Gasteiger partial charge in [-0.25, -0.2) is 4.68 Å². The lowest BCUT2D eigenvalue weighted by Crippen LogP contribution is -2.41. The Morgan fingerprint density at radius 2 is 1.90 bits per heavy atom. The molecule has 0 atom stereocenters. The maximum Gasteiger partial charge on any atom is 0.270 e. The Labute approximate surface area is 176 Å². The highest BCUT2D eigenvalue weighted by Gasteiger charge is 2.20. The van der Waals surface area contributed by atoms with E-state index in [0.717, 1.165) is 49.9 Å². The average Bonchev–Trinajstić information content (AvgIpc) is 3.35. The first-order valence-electron chi connectivity index (χ1n) is 10.3. The van der Waals surface area contributed by atoms with E-state index >= 15 is 0 Å². The summed E-state index contributed by atoms with van der Waals surface area (Å²) >= 11 is 0. The quantitative estimate of drug-likeness (QED) is 0.679. The molecule has 1 aromatic carbocycles. The predicted octanol–water partition coefficient (Wildman–Crippen LogP) is 3.12. The molecular formula is C23H28N4O3. The van der Waals surface area contributed by atoms with Gasteiger partial charge in [0, 0.05) is 32.2 Å². The molecule has 1 N–H and O–H groups in total. The molecular weight excluding hydrogens is 380 g/mol. The molecule has 1 saturated heterocycles. The number of morpholine rings is 1. The molecule has 7 heteroatoms. The molecule has 0 saturated carbocycles. The molecule has 3 heterocycles. The highest BCUT2D eigenvalue weighted by atomic mass is 16.5. The molecule has 3 aromatic rings. The summed E-state index contributed by atoms with van der Waals surface area (Å²) in [7, 11) is 0. The maximum absolute atomic E-state index is 13.1. The van der Waals surface area contributed by atoms with Crippen LogP contribution >= 0.6 is 0 Å². The van der Waals surface area contributed by atoms with Crippen molar-refractivity contribution in [2.24, 2.45) is 0 Å². The van der Waals surface area contributed by atoms with Gasteiger partial charge < -0.3 is 14.5 Å². The van der Waals surface area contributed by atoms with Crippen LogP contribution in [0, 0.1) is 20.8 Å². The van der Waals surface area contributed by atoms with E-state index in [1.807, 2.05) is 38.1 Å². The fraction of sp³-hybridized carbons (Fsp3) is 0.391. The first kappa shape index (κ1) is 20.4. The number of carbonyl (C=O) groups excluding carboxylic acids is 1. The van der Waals surface area contributed by atoms with E-state index in [1.165, 1.54) is 5.56 Å². The summed E-state index contributed by atoms with van der Waals surface area (Å²) in [5.41, 5.74) is 4.24. The van der Waals surface area contributed by atoms with Gasteiger partial charge >= 0.3 is 0 Å². The summed E-state index contributed by atoms with van der Waals surface area (Å²) in [4.78, 5) is 15.4. The Balaban J connectivity index is 1.59. The van der Waals surface area contributed by atoms with Crippen LogP contribution in [0.4, 0.5) is 0 Å². The highest BCUT2D eigenvalue weighted by Crippen LogP contribution is 2.25. The zero-order valence-electron chi connectivity index (χ0n) is 17.8. The molecule has 0 radical (unpaired) electrons. The normalized spacial score (nSPS) is 14.8. The minimum absolute atomic E-state index is 0.148. The lowest BCUT2D eigenvalue weighted by atomic mass is 10.1. The van der Waals surface area contributed by atoms with Crippen LogP contribution in [0.1, 0.15) is 27.4 Å². The van der Waals surface area contributed by atoms with Crippen molar-refractivity contribution in [3.05, 3.63) is 59.0 Å². The Hall–Kier alpha value is -2.90. The second kappa shape index (κ2) is 8.85. The summed E-state index contributed by atoms with van der Waals surface area (Å²) in [5.74, 6) is 1.31. The Morgan fingerprint density at radius 1 is 1.10 bits per heavy atom. The van der Waals surface area contributed by atoms with Gasteiger partial charge in [-0.15, -0.1) is 0 Å². The van der Waals surface area contributed by atoms with Gasteiger partial charge in [0.25, 0.3) is 5.91 Å². The van der Waals surface area contributed by atoms with Crippen LogP contribution < -0.4 is 5.32 Å². The van der Waals surface area contributed by atoms with E-state index in [-0.39, 0.29) is 5.91 Å². The number of furan rings is 1. The van der Waals surface area contributed by atoms with Crippen molar-refractivity contribution in [3.8, 4) is 17.1 Å². The van der Waals surface area contributed by atoms with Crippen molar-refractivity contribution in [2.45, 2.75) is 20.8 Å². The number of carbonyl (C=O) groups is 1. The van der Waals surface area contributed by atoms with Crippen LogP contribution in [0.25, 0.3) is 17.1 Å². The third kappa shape index (κ3) is 4.47. The van der Waals surface area contributed by atoms with Crippen LogP contribution in [-0.4, -0.2) is 60.0 Å². The molecule has 0 spiro atoms. The van der Waals surface area contributed by atoms with Crippen molar-refractivity contribution >= 4 is 5.91 Å². The third-order valence-corrected chi connectivity index (χ3v) is 5.33.